The molecule has 19 heavy (non-hydrogen) atoms. The number of hydrogen-bond acceptors (Lipinski definition) is 0. The second kappa shape index (κ2) is 16.3. The summed E-state index contributed by atoms with van der Waals surface area (Å²) in [4.78, 5) is 0. The van der Waals surface area contributed by atoms with Crippen molar-refractivity contribution in [2.24, 2.45) is 0 Å². The number of rotatable bonds is 12. The Kier molecular flexibility index (Phi) is 20.9. The van der Waals surface area contributed by atoms with Crippen molar-refractivity contribution in [2.75, 3.05) is 24.6 Å². The summed E-state index contributed by atoms with van der Waals surface area (Å²) in [5.74, 6) is 0. The van der Waals surface area contributed by atoms with E-state index >= 15 is 0 Å². The SMILES string of the molecule is CCCCCCCCCC[P+](CC)(CC)CC.F.F. The van der Waals surface area contributed by atoms with Crippen LogP contribution in [0.25, 0.3) is 0 Å². The van der Waals surface area contributed by atoms with E-state index in [4.69, 9.17) is 0 Å². The molecule has 0 aromatic heterocycles. The lowest BCUT2D eigenvalue weighted by Gasteiger charge is -2.23. The van der Waals surface area contributed by atoms with Crippen molar-refractivity contribution in [1.29, 1.82) is 0 Å². The molecule has 3 heteroatoms. The second-order valence-electron chi connectivity index (χ2n) is 5.49. The van der Waals surface area contributed by atoms with Crippen LogP contribution in [-0.2, 0) is 0 Å². The highest BCUT2D eigenvalue weighted by molar-refractivity contribution is 7.75. The maximum absolute atomic E-state index is 2.42. The van der Waals surface area contributed by atoms with Crippen LogP contribution in [0.2, 0.25) is 0 Å². The maximum Gasteiger partial charge on any atom is 0.0594 e. The normalized spacial score (nSPS) is 10.7. The average molecular weight is 299 g/mol. The minimum absolute atomic E-state index is 0. The van der Waals surface area contributed by atoms with E-state index in [1.807, 2.05) is 0 Å². The molecule has 0 amide bonds. The lowest BCUT2D eigenvalue weighted by atomic mass is 10.1. The van der Waals surface area contributed by atoms with Gasteiger partial charge in [0.1, 0.15) is 0 Å². The molecule has 0 rings (SSSR count). The van der Waals surface area contributed by atoms with E-state index in [1.165, 1.54) is 69.9 Å². The van der Waals surface area contributed by atoms with Gasteiger partial charge in [-0.15, -0.1) is 0 Å². The Balaban J connectivity index is -0.00000128. The highest BCUT2D eigenvalue weighted by Crippen LogP contribution is 2.58. The van der Waals surface area contributed by atoms with Crippen LogP contribution in [0.15, 0.2) is 0 Å². The highest BCUT2D eigenvalue weighted by atomic mass is 31.2. The third-order valence-corrected chi connectivity index (χ3v) is 9.79. The van der Waals surface area contributed by atoms with E-state index in [9.17, 15) is 0 Å². The van der Waals surface area contributed by atoms with Crippen LogP contribution in [0.1, 0.15) is 79.1 Å². The quantitative estimate of drug-likeness (QED) is 0.284. The molecule has 0 aromatic rings. The van der Waals surface area contributed by atoms with E-state index < -0.39 is 7.26 Å². The van der Waals surface area contributed by atoms with Crippen molar-refractivity contribution in [3.63, 3.8) is 0 Å². The summed E-state index contributed by atoms with van der Waals surface area (Å²) in [7, 11) is -0.505. The third-order valence-electron chi connectivity index (χ3n) is 4.50. The topological polar surface area (TPSA) is 0 Å². The van der Waals surface area contributed by atoms with Crippen LogP contribution in [0.3, 0.4) is 0 Å². The Morgan fingerprint density at radius 2 is 0.895 bits per heavy atom. The van der Waals surface area contributed by atoms with Gasteiger partial charge in [0, 0.05) is 7.26 Å². The molecule has 0 heterocycles. The van der Waals surface area contributed by atoms with Gasteiger partial charge in [0.05, 0.1) is 24.6 Å². The molecule has 0 atom stereocenters. The summed E-state index contributed by atoms with van der Waals surface area (Å²) in [5, 5.41) is 0. The van der Waals surface area contributed by atoms with Crippen LogP contribution >= 0.6 is 7.26 Å². The fourth-order valence-corrected chi connectivity index (χ4v) is 5.91. The van der Waals surface area contributed by atoms with E-state index in [-0.39, 0.29) is 9.41 Å². The van der Waals surface area contributed by atoms with Gasteiger partial charge >= 0.3 is 0 Å². The number of hydrogen-bond donors (Lipinski definition) is 0. The standard InChI is InChI=1S/C16H36P.2FH/c1-5-9-10-11-12-13-14-15-16-17(6-2,7-3)8-4;;/h5-16H2,1-4H3;2*1H/q+1;;. The molecule has 0 N–H and O–H groups in total. The molecule has 0 aliphatic rings. The summed E-state index contributed by atoms with van der Waals surface area (Å²) in [6, 6.07) is 0. The number of halogens is 2. The first-order valence-corrected chi connectivity index (χ1v) is 10.6. The minimum atomic E-state index is -0.505. The van der Waals surface area contributed by atoms with Gasteiger partial charge in [-0.2, -0.15) is 0 Å². The van der Waals surface area contributed by atoms with Crippen LogP contribution in [-0.4, -0.2) is 24.6 Å². The molecular weight excluding hydrogens is 261 g/mol. The predicted molar refractivity (Wildman–Crippen MR) is 91.0 cm³/mol. The van der Waals surface area contributed by atoms with Gasteiger partial charge in [-0.1, -0.05) is 45.4 Å². The summed E-state index contributed by atoms with van der Waals surface area (Å²) in [6.45, 7) is 9.56. The van der Waals surface area contributed by atoms with E-state index in [0.717, 1.165) is 0 Å². The van der Waals surface area contributed by atoms with Gasteiger partial charge in [0.2, 0.25) is 0 Å². The predicted octanol–water partition coefficient (Wildman–Crippen LogP) is 6.51. The molecule has 0 nitrogen and oxygen atoms in total. The molecule has 0 spiro atoms. The van der Waals surface area contributed by atoms with Gasteiger partial charge in [0.15, 0.2) is 0 Å². The van der Waals surface area contributed by atoms with Gasteiger partial charge in [0.25, 0.3) is 0 Å². The first-order valence-electron chi connectivity index (χ1n) is 8.09. The third kappa shape index (κ3) is 11.8. The fourth-order valence-electron chi connectivity index (χ4n) is 2.73. The second-order valence-corrected chi connectivity index (χ2v) is 10.5. The monoisotopic (exact) mass is 299 g/mol. The van der Waals surface area contributed by atoms with Crippen molar-refractivity contribution in [3.8, 4) is 0 Å². The largest absolute Gasteiger partial charge is 0.269 e. The van der Waals surface area contributed by atoms with E-state index in [0.29, 0.717) is 0 Å². The van der Waals surface area contributed by atoms with Crippen molar-refractivity contribution < 1.29 is 9.41 Å². The molecule has 0 aliphatic carbocycles. The zero-order valence-corrected chi connectivity index (χ0v) is 14.6. The smallest absolute Gasteiger partial charge is 0.0594 e. The van der Waals surface area contributed by atoms with Crippen LogP contribution in [0, 0.1) is 0 Å². The molecule has 120 valence electrons. The molecule has 0 fully saturated rings. The van der Waals surface area contributed by atoms with Crippen molar-refractivity contribution >= 4 is 7.26 Å². The molecular formula is C16H38F2P+. The van der Waals surface area contributed by atoms with Gasteiger partial charge < -0.3 is 0 Å². The van der Waals surface area contributed by atoms with E-state index in [1.54, 1.807) is 6.16 Å². The fraction of sp³-hybridized carbons (Fsp3) is 1.00. The van der Waals surface area contributed by atoms with Crippen molar-refractivity contribution in [2.45, 2.75) is 79.1 Å². The zero-order valence-electron chi connectivity index (χ0n) is 13.7. The molecule has 0 radical (unpaired) electrons. The Morgan fingerprint density at radius 3 is 1.26 bits per heavy atom. The zero-order chi connectivity index (χ0) is 13.0. The summed E-state index contributed by atoms with van der Waals surface area (Å²) in [6.07, 6.45) is 17.7. The minimum Gasteiger partial charge on any atom is -0.269 e. The van der Waals surface area contributed by atoms with Gasteiger partial charge in [-0.05, 0) is 33.6 Å². The van der Waals surface area contributed by atoms with Gasteiger partial charge in [-0.3, -0.25) is 9.41 Å². The van der Waals surface area contributed by atoms with Crippen LogP contribution < -0.4 is 0 Å². The van der Waals surface area contributed by atoms with Crippen LogP contribution in [0.4, 0.5) is 9.41 Å². The van der Waals surface area contributed by atoms with Crippen LogP contribution in [0.5, 0.6) is 0 Å². The summed E-state index contributed by atoms with van der Waals surface area (Å²) < 4.78 is 0. The Hall–Kier alpha value is 0.290. The summed E-state index contributed by atoms with van der Waals surface area (Å²) >= 11 is 0. The van der Waals surface area contributed by atoms with Gasteiger partial charge in [-0.25, -0.2) is 0 Å². The van der Waals surface area contributed by atoms with E-state index in [2.05, 4.69) is 27.7 Å². The average Bonchev–Trinajstić information content (AvgIpc) is 2.38. The molecule has 0 unspecified atom stereocenters. The highest BCUT2D eigenvalue weighted by Gasteiger charge is 2.29. The molecule has 0 saturated heterocycles. The first-order chi connectivity index (χ1) is 8.24. The lowest BCUT2D eigenvalue weighted by molar-refractivity contribution is 0.585. The maximum atomic E-state index is 2.42. The lowest BCUT2D eigenvalue weighted by Crippen LogP contribution is -2.07. The molecule has 0 aromatic carbocycles. The summed E-state index contributed by atoms with van der Waals surface area (Å²) in [5.41, 5.74) is 0. The Labute approximate surface area is 121 Å². The van der Waals surface area contributed by atoms with Crippen molar-refractivity contribution in [1.82, 2.24) is 0 Å². The number of unbranched alkanes of at least 4 members (excludes halogenated alkanes) is 7. The molecule has 0 aliphatic heterocycles. The first kappa shape index (κ1) is 24.3. The molecule has 0 bridgehead atoms. The Bertz CT molecular complexity index is 151. The Morgan fingerprint density at radius 1 is 0.526 bits per heavy atom. The van der Waals surface area contributed by atoms with Crippen molar-refractivity contribution in [3.05, 3.63) is 0 Å². The molecule has 0 saturated carbocycles.